The van der Waals surface area contributed by atoms with Crippen molar-refractivity contribution < 1.29 is 77.4 Å². The van der Waals surface area contributed by atoms with Crippen LogP contribution in [-0.2, 0) is 57.0 Å². The highest BCUT2D eigenvalue weighted by Crippen LogP contribution is 2.71. The second kappa shape index (κ2) is 19.5. The van der Waals surface area contributed by atoms with Crippen LogP contribution in [0.5, 0.6) is 0 Å². The van der Waals surface area contributed by atoms with Gasteiger partial charge in [-0.3, -0.25) is 9.59 Å². The maximum atomic E-state index is 13.0. The summed E-state index contributed by atoms with van der Waals surface area (Å²) in [6.07, 6.45) is -2.11. The minimum Gasteiger partial charge on any atom is -0.462 e. The Balaban J connectivity index is 0.955. The van der Waals surface area contributed by atoms with Crippen LogP contribution in [0.2, 0.25) is 0 Å². The zero-order valence-electron chi connectivity index (χ0n) is 40.1. The number of carbonyl (C=O) groups excluding carboxylic acids is 2. The van der Waals surface area contributed by atoms with Crippen molar-refractivity contribution in [2.24, 2.45) is 34.5 Å². The van der Waals surface area contributed by atoms with E-state index in [1.54, 1.807) is 35.0 Å². The summed E-state index contributed by atoms with van der Waals surface area (Å²) >= 11 is 0. The summed E-state index contributed by atoms with van der Waals surface area (Å²) in [7, 11) is 3.18. The van der Waals surface area contributed by atoms with Crippen LogP contribution in [0.3, 0.4) is 0 Å². The lowest BCUT2D eigenvalue weighted by molar-refractivity contribution is -0.338. The monoisotopic (exact) mass is 913 g/mol. The summed E-state index contributed by atoms with van der Waals surface area (Å²) in [4.78, 5) is 25.7. The summed E-state index contributed by atoms with van der Waals surface area (Å²) in [6.45, 7) is 16.5. The Morgan fingerprint density at radius 3 is 1.97 bits per heavy atom. The first-order chi connectivity index (χ1) is 30.1. The van der Waals surface area contributed by atoms with Gasteiger partial charge < -0.3 is 67.8 Å². The first-order valence-corrected chi connectivity index (χ1v) is 24.3. The molecule has 0 bridgehead atoms. The molecular formula is C48H80O16. The Morgan fingerprint density at radius 1 is 0.734 bits per heavy atom. The maximum Gasteiger partial charge on any atom is 0.309 e. The van der Waals surface area contributed by atoms with Crippen molar-refractivity contribution in [3.63, 3.8) is 0 Å². The molecule has 3 saturated heterocycles. The SMILES string of the molecule is CC[C@H](C)C(=O)O[C@@H](C)[C@]1(O)CC[C@]2(O)[C@@H]3CC[C@H]4C[C@@H](O[C@@H]5C[C@H](O)[C@H](O[C@H]6C[C@H](OC)[C@H](O[C@H]7C[C@@H](OC)[C@H](O)[C@@H](C)O7)[C@@H](C)O6)[C@@H](C)O5)CC[C@]4(C)[C@H]3C[C@@H](OC(C)=O)[C@]12C. The highest BCUT2D eigenvalue weighted by atomic mass is 16.7. The zero-order valence-corrected chi connectivity index (χ0v) is 40.1. The van der Waals surface area contributed by atoms with Crippen molar-refractivity contribution in [2.75, 3.05) is 14.2 Å². The third kappa shape index (κ3) is 8.96. The van der Waals surface area contributed by atoms with Crippen molar-refractivity contribution in [1.29, 1.82) is 0 Å². The molecule has 3 aliphatic heterocycles. The lowest BCUT2D eigenvalue weighted by Gasteiger charge is -2.66. The van der Waals surface area contributed by atoms with Crippen LogP contribution in [0.1, 0.15) is 139 Å². The number of rotatable bonds is 13. The number of aliphatic hydroxyl groups is 4. The molecule has 3 heterocycles. The van der Waals surface area contributed by atoms with E-state index >= 15 is 0 Å². The molecule has 0 aromatic rings. The van der Waals surface area contributed by atoms with Crippen LogP contribution in [0.25, 0.3) is 0 Å². The Hall–Kier alpha value is -1.54. The lowest BCUT2D eigenvalue weighted by atomic mass is 9.42. The van der Waals surface area contributed by atoms with Gasteiger partial charge in [0.15, 0.2) is 18.9 Å². The molecule has 4 saturated carbocycles. The average Bonchev–Trinajstić information content (AvgIpc) is 3.47. The molecule has 368 valence electrons. The van der Waals surface area contributed by atoms with E-state index in [-0.39, 0.29) is 54.1 Å². The van der Waals surface area contributed by atoms with Crippen LogP contribution in [0, 0.1) is 34.5 Å². The van der Waals surface area contributed by atoms with E-state index in [4.69, 9.17) is 47.4 Å². The molecule has 4 N–H and O–H groups in total. The number of esters is 2. The second-order valence-electron chi connectivity index (χ2n) is 21.1. The topological polar surface area (TPSA) is 207 Å². The molecule has 0 unspecified atom stereocenters. The molecule has 0 aromatic carbocycles. The van der Waals surface area contributed by atoms with E-state index in [9.17, 15) is 30.0 Å². The molecule has 7 aliphatic rings. The Morgan fingerprint density at radius 2 is 1.34 bits per heavy atom. The van der Waals surface area contributed by atoms with Crippen LogP contribution in [-0.4, -0.2) is 150 Å². The molecule has 23 atom stereocenters. The minimum absolute atomic E-state index is 0.0197. The van der Waals surface area contributed by atoms with Gasteiger partial charge in [-0.1, -0.05) is 27.7 Å². The van der Waals surface area contributed by atoms with Gasteiger partial charge in [0.1, 0.15) is 36.1 Å². The largest absolute Gasteiger partial charge is 0.462 e. The summed E-state index contributed by atoms with van der Waals surface area (Å²) in [5, 5.41) is 47.5. The number of methoxy groups -OCH3 is 2. The van der Waals surface area contributed by atoms with Gasteiger partial charge in [0.05, 0.1) is 59.7 Å². The van der Waals surface area contributed by atoms with Crippen molar-refractivity contribution in [3.05, 3.63) is 0 Å². The molecule has 4 aliphatic carbocycles. The average molecular weight is 913 g/mol. The molecule has 7 fully saturated rings. The molecule has 0 aromatic heterocycles. The van der Waals surface area contributed by atoms with Gasteiger partial charge in [-0.25, -0.2) is 0 Å². The normalized spacial score (nSPS) is 50.3. The van der Waals surface area contributed by atoms with Crippen molar-refractivity contribution in [1.82, 2.24) is 0 Å². The lowest BCUT2D eigenvalue weighted by Crippen LogP contribution is -2.72. The number of hydrogen-bond acceptors (Lipinski definition) is 16. The number of aliphatic hydroxyl groups excluding tert-OH is 2. The third-order valence-electron chi connectivity index (χ3n) is 17.8. The highest BCUT2D eigenvalue weighted by molar-refractivity contribution is 5.72. The van der Waals surface area contributed by atoms with E-state index < -0.39 is 108 Å². The van der Waals surface area contributed by atoms with Gasteiger partial charge in [0, 0.05) is 40.4 Å². The molecule has 7 rings (SSSR count). The second-order valence-corrected chi connectivity index (χ2v) is 21.1. The fraction of sp³-hybridized carbons (Fsp3) is 0.958. The van der Waals surface area contributed by atoms with Gasteiger partial charge in [-0.05, 0) is 109 Å². The maximum absolute atomic E-state index is 13.0. The standard InChI is InChI=1S/C48H80O16/c1-12-24(2)44(52)60-28(6)47(53)17-18-48(54)32-14-13-30-19-31(15-16-45(30,8)33(32)20-37(46(47,48)9)61-29(7)49)62-38-21-34(50)42(26(4)58-38)63-40-23-36(56-11)43(27(5)59-40)64-39-22-35(55-10)41(51)25(3)57-39/h24-28,30-43,50-51,53-54H,12-23H2,1-11H3/t24-,25+,26+,27+,28-,30-,31-,32+,33-,34-,35+,36-,37+,38+,39-,40-,41+,42+,43+,45-,46+,47+,48-/m0/s1. The molecule has 0 amide bonds. The van der Waals surface area contributed by atoms with Crippen molar-refractivity contribution >= 4 is 11.9 Å². The predicted octanol–water partition coefficient (Wildman–Crippen LogP) is 4.71. The van der Waals surface area contributed by atoms with Crippen molar-refractivity contribution in [2.45, 2.75) is 243 Å². The van der Waals surface area contributed by atoms with Crippen LogP contribution in [0.4, 0.5) is 0 Å². The Bertz CT molecular complexity index is 1610. The summed E-state index contributed by atoms with van der Waals surface area (Å²) in [5.41, 5.74) is -4.42. The Labute approximate surface area is 379 Å². The van der Waals surface area contributed by atoms with Gasteiger partial charge in [0.2, 0.25) is 0 Å². The van der Waals surface area contributed by atoms with Crippen LogP contribution < -0.4 is 0 Å². The molecule has 64 heavy (non-hydrogen) atoms. The van der Waals surface area contributed by atoms with Gasteiger partial charge in [-0.15, -0.1) is 0 Å². The van der Waals surface area contributed by atoms with Gasteiger partial charge in [-0.2, -0.15) is 0 Å². The summed E-state index contributed by atoms with van der Waals surface area (Å²) in [6, 6.07) is 0. The molecule has 0 spiro atoms. The van der Waals surface area contributed by atoms with Gasteiger partial charge in [0.25, 0.3) is 0 Å². The van der Waals surface area contributed by atoms with Crippen LogP contribution in [0.15, 0.2) is 0 Å². The summed E-state index contributed by atoms with van der Waals surface area (Å²) in [5.74, 6) is -1.06. The minimum atomic E-state index is -1.61. The fourth-order valence-corrected chi connectivity index (χ4v) is 13.6. The highest BCUT2D eigenvalue weighted by Gasteiger charge is 2.77. The molecule has 16 heteroatoms. The summed E-state index contributed by atoms with van der Waals surface area (Å²) < 4.78 is 61.4. The molecule has 16 nitrogen and oxygen atoms in total. The number of fused-ring (bicyclic) bond motifs is 5. The first-order valence-electron chi connectivity index (χ1n) is 24.3. The molecular weight excluding hydrogens is 833 g/mol. The zero-order chi connectivity index (χ0) is 46.7. The smallest absolute Gasteiger partial charge is 0.309 e. The van der Waals surface area contributed by atoms with E-state index in [1.807, 2.05) is 27.7 Å². The first kappa shape index (κ1) is 50.3. The van der Waals surface area contributed by atoms with Crippen LogP contribution >= 0.6 is 0 Å². The quantitative estimate of drug-likeness (QED) is 0.146. The molecule has 0 radical (unpaired) electrons. The van der Waals surface area contributed by atoms with E-state index in [0.29, 0.717) is 32.1 Å². The Kier molecular flexibility index (Phi) is 15.3. The number of carbonyl (C=O) groups is 2. The van der Waals surface area contributed by atoms with Crippen molar-refractivity contribution in [3.8, 4) is 0 Å². The predicted molar refractivity (Wildman–Crippen MR) is 229 cm³/mol. The number of ether oxygens (including phenoxy) is 10. The van der Waals surface area contributed by atoms with E-state index in [2.05, 4.69) is 6.92 Å². The third-order valence-corrected chi connectivity index (χ3v) is 17.8. The van der Waals surface area contributed by atoms with E-state index in [1.165, 1.54) is 6.92 Å². The fourth-order valence-electron chi connectivity index (χ4n) is 13.6. The van der Waals surface area contributed by atoms with Gasteiger partial charge >= 0.3 is 11.9 Å². The number of hydrogen-bond donors (Lipinski definition) is 4. The van der Waals surface area contributed by atoms with E-state index in [0.717, 1.165) is 32.1 Å².